The van der Waals surface area contributed by atoms with Gasteiger partial charge in [0.25, 0.3) is 0 Å². The maximum Gasteiger partial charge on any atom is 0.0105 e. The Morgan fingerprint density at radius 2 is 0.864 bits per heavy atom. The Bertz CT molecular complexity index is 191. The molecule has 0 radical (unpaired) electrons. The van der Waals surface area contributed by atoms with Crippen molar-refractivity contribution in [2.45, 2.75) is 90.4 Å². The minimum Gasteiger partial charge on any atom is -0.329 e. The molecule has 0 aliphatic rings. The number of unbranched alkanes of at least 4 members (excludes halogenated alkanes) is 12. The van der Waals surface area contributed by atoms with Gasteiger partial charge in [-0.1, -0.05) is 84.0 Å². The lowest BCUT2D eigenvalue weighted by molar-refractivity contribution is 0.281. The number of hydrogen-bond donors (Lipinski definition) is 2. The molecule has 0 amide bonds. The van der Waals surface area contributed by atoms with E-state index in [1.807, 2.05) is 0 Å². The van der Waals surface area contributed by atoms with Crippen LogP contribution in [0.25, 0.3) is 0 Å². The molecule has 0 heterocycles. The fraction of sp³-hybridized carbons (Fsp3) is 1.00. The van der Waals surface area contributed by atoms with Crippen LogP contribution in [0.3, 0.4) is 0 Å². The highest BCUT2D eigenvalue weighted by Crippen LogP contribution is 2.12. The van der Waals surface area contributed by atoms with Crippen LogP contribution in [0.4, 0.5) is 0 Å². The van der Waals surface area contributed by atoms with E-state index in [2.05, 4.69) is 11.8 Å². The van der Waals surface area contributed by atoms with Crippen LogP contribution in [0.5, 0.6) is 0 Å². The third kappa shape index (κ3) is 16.3. The van der Waals surface area contributed by atoms with Gasteiger partial charge in [0.1, 0.15) is 0 Å². The summed E-state index contributed by atoms with van der Waals surface area (Å²) in [5.41, 5.74) is 11.2. The molecule has 22 heavy (non-hydrogen) atoms. The van der Waals surface area contributed by atoms with Crippen molar-refractivity contribution in [3.8, 4) is 0 Å². The highest BCUT2D eigenvalue weighted by atomic mass is 15.1. The van der Waals surface area contributed by atoms with E-state index >= 15 is 0 Å². The molecule has 0 aliphatic carbocycles. The summed E-state index contributed by atoms with van der Waals surface area (Å²) in [6.07, 6.45) is 18.4. The van der Waals surface area contributed by atoms with E-state index in [-0.39, 0.29) is 0 Å². The van der Waals surface area contributed by atoms with Gasteiger partial charge in [0, 0.05) is 26.2 Å². The summed E-state index contributed by atoms with van der Waals surface area (Å²) in [6, 6.07) is 0. The van der Waals surface area contributed by atoms with Crippen LogP contribution < -0.4 is 11.5 Å². The lowest BCUT2D eigenvalue weighted by Gasteiger charge is -2.20. The lowest BCUT2D eigenvalue weighted by Crippen LogP contribution is -2.34. The molecule has 0 saturated carbocycles. The summed E-state index contributed by atoms with van der Waals surface area (Å²) in [5, 5.41) is 0. The molecule has 0 bridgehead atoms. The van der Waals surface area contributed by atoms with Crippen LogP contribution in [-0.4, -0.2) is 37.6 Å². The van der Waals surface area contributed by atoms with Crippen LogP contribution in [0.15, 0.2) is 0 Å². The number of nitrogens with two attached hydrogens (primary N) is 2. The Morgan fingerprint density at radius 1 is 0.500 bits per heavy atom. The Morgan fingerprint density at radius 3 is 1.23 bits per heavy atom. The lowest BCUT2D eigenvalue weighted by atomic mass is 10.0. The second-order valence-electron chi connectivity index (χ2n) is 6.66. The second kappa shape index (κ2) is 18.9. The molecule has 0 aromatic rings. The Hall–Kier alpha value is -0.120. The molecule has 0 atom stereocenters. The van der Waals surface area contributed by atoms with Crippen LogP contribution in [0, 0.1) is 0 Å². The summed E-state index contributed by atoms with van der Waals surface area (Å²) >= 11 is 0. The average molecular weight is 314 g/mol. The van der Waals surface area contributed by atoms with Crippen molar-refractivity contribution in [1.82, 2.24) is 4.90 Å². The van der Waals surface area contributed by atoms with Gasteiger partial charge in [0.15, 0.2) is 0 Å². The Kier molecular flexibility index (Phi) is 18.8. The largest absolute Gasteiger partial charge is 0.329 e. The maximum absolute atomic E-state index is 5.62. The highest BCUT2D eigenvalue weighted by molar-refractivity contribution is 4.59. The minimum atomic E-state index is 0.748. The maximum atomic E-state index is 5.62. The van der Waals surface area contributed by atoms with Gasteiger partial charge in [-0.3, -0.25) is 0 Å². The van der Waals surface area contributed by atoms with Crippen molar-refractivity contribution in [2.75, 3.05) is 32.7 Å². The molecule has 0 rings (SSSR count). The van der Waals surface area contributed by atoms with E-state index in [0.29, 0.717) is 0 Å². The number of nitrogens with zero attached hydrogens (tertiary/aromatic N) is 1. The first-order chi connectivity index (χ1) is 10.8. The molecule has 4 N–H and O–H groups in total. The quantitative estimate of drug-likeness (QED) is 0.371. The predicted molar refractivity (Wildman–Crippen MR) is 100 cm³/mol. The van der Waals surface area contributed by atoms with Crippen LogP contribution in [-0.2, 0) is 0 Å². The monoisotopic (exact) mass is 313 g/mol. The molecule has 0 fully saturated rings. The zero-order chi connectivity index (χ0) is 16.3. The molecule has 0 saturated heterocycles. The molecule has 134 valence electrons. The van der Waals surface area contributed by atoms with Crippen LogP contribution in [0.2, 0.25) is 0 Å². The summed E-state index contributed by atoms with van der Waals surface area (Å²) in [6.45, 7) is 6.95. The van der Waals surface area contributed by atoms with Gasteiger partial charge >= 0.3 is 0 Å². The van der Waals surface area contributed by atoms with Gasteiger partial charge in [0.05, 0.1) is 0 Å². The first-order valence-electron chi connectivity index (χ1n) is 9.97. The van der Waals surface area contributed by atoms with Crippen LogP contribution in [0.1, 0.15) is 90.4 Å². The van der Waals surface area contributed by atoms with E-state index in [9.17, 15) is 0 Å². The van der Waals surface area contributed by atoms with Gasteiger partial charge in [-0.15, -0.1) is 0 Å². The predicted octanol–water partition coefficient (Wildman–Crippen LogP) is 4.30. The van der Waals surface area contributed by atoms with E-state index in [0.717, 1.165) is 26.2 Å². The SMILES string of the molecule is CCCCCCCCCCCCCCCN(CCN)CCN. The van der Waals surface area contributed by atoms with Gasteiger partial charge in [-0.05, 0) is 13.0 Å². The third-order valence-electron chi connectivity index (χ3n) is 4.47. The van der Waals surface area contributed by atoms with E-state index in [1.54, 1.807) is 0 Å². The first kappa shape index (κ1) is 21.9. The van der Waals surface area contributed by atoms with Crippen molar-refractivity contribution in [1.29, 1.82) is 0 Å². The van der Waals surface area contributed by atoms with Gasteiger partial charge in [-0.2, -0.15) is 0 Å². The summed E-state index contributed by atoms with van der Waals surface area (Å²) < 4.78 is 0. The summed E-state index contributed by atoms with van der Waals surface area (Å²) in [7, 11) is 0. The average Bonchev–Trinajstić information content (AvgIpc) is 2.52. The molecular formula is C19H43N3. The standard InChI is InChI=1S/C19H43N3/c1-2-3-4-5-6-7-8-9-10-11-12-13-14-17-22(18-15-20)19-16-21/h2-21H2,1H3. The topological polar surface area (TPSA) is 55.3 Å². The zero-order valence-electron chi connectivity index (χ0n) is 15.3. The Balaban J connectivity index is 3.16. The molecule has 0 aromatic heterocycles. The fourth-order valence-electron chi connectivity index (χ4n) is 3.05. The molecule has 0 unspecified atom stereocenters. The first-order valence-corrected chi connectivity index (χ1v) is 9.97. The van der Waals surface area contributed by atoms with Crippen molar-refractivity contribution < 1.29 is 0 Å². The molecule has 0 spiro atoms. The molecular weight excluding hydrogens is 270 g/mol. The van der Waals surface area contributed by atoms with Crippen LogP contribution >= 0.6 is 0 Å². The summed E-state index contributed by atoms with van der Waals surface area (Å²) in [4.78, 5) is 2.40. The third-order valence-corrected chi connectivity index (χ3v) is 4.47. The Labute approximate surface area is 140 Å². The molecule has 0 aromatic carbocycles. The van der Waals surface area contributed by atoms with E-state index < -0.39 is 0 Å². The van der Waals surface area contributed by atoms with E-state index in [1.165, 1.54) is 90.0 Å². The van der Waals surface area contributed by atoms with Crippen molar-refractivity contribution in [3.63, 3.8) is 0 Å². The normalized spacial score (nSPS) is 11.5. The number of hydrogen-bond acceptors (Lipinski definition) is 3. The second-order valence-corrected chi connectivity index (χ2v) is 6.66. The van der Waals surface area contributed by atoms with Gasteiger partial charge < -0.3 is 16.4 Å². The highest BCUT2D eigenvalue weighted by Gasteiger charge is 2.01. The minimum absolute atomic E-state index is 0.748. The summed E-state index contributed by atoms with van der Waals surface area (Å²) in [5.74, 6) is 0. The van der Waals surface area contributed by atoms with Crippen molar-refractivity contribution in [2.24, 2.45) is 11.5 Å². The van der Waals surface area contributed by atoms with Crippen molar-refractivity contribution in [3.05, 3.63) is 0 Å². The van der Waals surface area contributed by atoms with Crippen molar-refractivity contribution >= 4 is 0 Å². The number of rotatable bonds is 18. The van der Waals surface area contributed by atoms with E-state index in [4.69, 9.17) is 11.5 Å². The van der Waals surface area contributed by atoms with Gasteiger partial charge in [-0.25, -0.2) is 0 Å². The molecule has 0 aliphatic heterocycles. The molecule has 3 nitrogen and oxygen atoms in total. The molecule has 3 heteroatoms. The van der Waals surface area contributed by atoms with Gasteiger partial charge in [0.2, 0.25) is 0 Å². The fourth-order valence-corrected chi connectivity index (χ4v) is 3.05. The zero-order valence-corrected chi connectivity index (χ0v) is 15.3. The smallest absolute Gasteiger partial charge is 0.0105 e.